The van der Waals surface area contributed by atoms with E-state index < -0.39 is 24.2 Å². The van der Waals surface area contributed by atoms with Crippen molar-refractivity contribution in [2.24, 2.45) is 0 Å². The maximum Gasteiger partial charge on any atom is 0.0636 e. The first-order valence-electron chi connectivity index (χ1n) is 9.93. The molecule has 1 heteroatoms. The molecule has 0 amide bonds. The molecule has 21 heavy (non-hydrogen) atoms. The lowest BCUT2D eigenvalue weighted by molar-refractivity contribution is 1.67. The quantitative estimate of drug-likeness (QED) is 0.386. The van der Waals surface area contributed by atoms with Crippen molar-refractivity contribution >= 4 is 33.1 Å². The largest absolute Gasteiger partial charge is 0.0830 e. The first-order valence-corrected chi connectivity index (χ1v) is 6.80. The summed E-state index contributed by atoms with van der Waals surface area (Å²) in [6.07, 6.45) is 0. The molecule has 0 radical (unpaired) electrons. The second kappa shape index (κ2) is 4.91. The van der Waals surface area contributed by atoms with Crippen molar-refractivity contribution < 1.29 is 9.60 Å². The van der Waals surface area contributed by atoms with Crippen molar-refractivity contribution in [1.82, 2.24) is 0 Å². The van der Waals surface area contributed by atoms with Crippen LogP contribution in [0.15, 0.2) is 78.7 Å². The average Bonchev–Trinajstić information content (AvgIpc) is 2.69. The molecular weight excluding hydrogens is 276 g/mol. The molecule has 0 aliphatic carbocycles. The van der Waals surface area contributed by atoms with Crippen molar-refractivity contribution in [1.29, 1.82) is 0 Å². The summed E-state index contributed by atoms with van der Waals surface area (Å²) in [4.78, 5) is 0. The summed E-state index contributed by atoms with van der Waals surface area (Å²) >= 11 is 6.57. The van der Waals surface area contributed by atoms with E-state index in [2.05, 4.69) is 0 Å². The van der Waals surface area contributed by atoms with Gasteiger partial charge in [0.25, 0.3) is 0 Å². The topological polar surface area (TPSA) is 0 Å². The van der Waals surface area contributed by atoms with Gasteiger partial charge in [0.2, 0.25) is 0 Å². The Hall–Kier alpha value is -2.31. The lowest BCUT2D eigenvalue weighted by Gasteiger charge is -2.09. The van der Waals surface area contributed by atoms with Gasteiger partial charge < -0.3 is 0 Å². The molecule has 0 fully saturated rings. The maximum atomic E-state index is 8.61. The summed E-state index contributed by atoms with van der Waals surface area (Å²) in [7, 11) is 0. The third-order valence-corrected chi connectivity index (χ3v) is 3.79. The van der Waals surface area contributed by atoms with Gasteiger partial charge in [-0.3, -0.25) is 0 Å². The molecule has 0 atom stereocenters. The summed E-state index contributed by atoms with van der Waals surface area (Å²) in [6, 6.07) is 8.25. The summed E-state index contributed by atoms with van der Waals surface area (Å²) in [5, 5.41) is 1.76. The first-order chi connectivity index (χ1) is 13.3. The third-order valence-electron chi connectivity index (χ3n) is 3.38. The first kappa shape index (κ1) is 7.11. The van der Waals surface area contributed by atoms with Crippen LogP contribution >= 0.6 is 11.6 Å². The van der Waals surface area contributed by atoms with Gasteiger partial charge in [-0.15, -0.1) is 0 Å². The molecule has 0 unspecified atom stereocenters. The second-order valence-electron chi connectivity index (χ2n) is 4.65. The SMILES string of the molecule is [2H]c1c([2H])c([2H])c2c([2H])c(-c3ccc4ccccc4c3Cl)c([2H])c([2H])c2c1[2H]. The summed E-state index contributed by atoms with van der Waals surface area (Å²) in [5.74, 6) is 0. The predicted molar refractivity (Wildman–Crippen MR) is 91.9 cm³/mol. The van der Waals surface area contributed by atoms with E-state index in [0.29, 0.717) is 10.6 Å². The van der Waals surface area contributed by atoms with Crippen LogP contribution in [0.25, 0.3) is 32.7 Å². The number of hydrogen-bond donors (Lipinski definition) is 0. The Kier molecular flexibility index (Phi) is 1.66. The van der Waals surface area contributed by atoms with Gasteiger partial charge >= 0.3 is 0 Å². The zero-order chi connectivity index (χ0) is 20.3. The van der Waals surface area contributed by atoms with E-state index in [4.69, 9.17) is 21.2 Å². The average molecular weight is 296 g/mol. The molecular formula is C20H13Cl. The molecule has 4 aromatic rings. The molecule has 0 spiro atoms. The predicted octanol–water partition coefficient (Wildman–Crippen LogP) is 6.31. The zero-order valence-electron chi connectivity index (χ0n) is 17.8. The van der Waals surface area contributed by atoms with Crippen LogP contribution in [-0.2, 0) is 0 Å². The Morgan fingerprint density at radius 3 is 2.48 bits per heavy atom. The van der Waals surface area contributed by atoms with Gasteiger partial charge in [-0.1, -0.05) is 84.3 Å². The van der Waals surface area contributed by atoms with Crippen LogP contribution < -0.4 is 0 Å². The molecule has 0 bridgehead atoms. The standard InChI is InChI=1S/C20H13Cl/c21-20-18-8-4-3-6-15(18)11-12-19(20)17-10-9-14-5-1-2-7-16(14)13-17/h1-13H/i1D,2D,5D,7D,9D,10D,13D. The molecule has 0 aliphatic rings. The summed E-state index contributed by atoms with van der Waals surface area (Å²) < 4.78 is 57.4. The van der Waals surface area contributed by atoms with Crippen LogP contribution in [0.3, 0.4) is 0 Å². The van der Waals surface area contributed by atoms with Crippen LogP contribution in [0.5, 0.6) is 0 Å². The van der Waals surface area contributed by atoms with Crippen LogP contribution in [0, 0.1) is 0 Å². The van der Waals surface area contributed by atoms with E-state index in [0.717, 1.165) is 10.8 Å². The van der Waals surface area contributed by atoms with Crippen LogP contribution in [0.2, 0.25) is 5.02 Å². The van der Waals surface area contributed by atoms with Crippen molar-refractivity contribution in [3.05, 3.63) is 83.7 Å². The van der Waals surface area contributed by atoms with Gasteiger partial charge in [0.15, 0.2) is 0 Å². The number of rotatable bonds is 1. The molecule has 0 saturated heterocycles. The molecule has 0 aromatic heterocycles. The highest BCUT2D eigenvalue weighted by Gasteiger charge is 2.07. The van der Waals surface area contributed by atoms with Gasteiger partial charge in [-0.2, -0.15) is 0 Å². The lowest BCUT2D eigenvalue weighted by atomic mass is 9.98. The van der Waals surface area contributed by atoms with Gasteiger partial charge in [0.05, 0.1) is 14.6 Å². The number of hydrogen-bond acceptors (Lipinski definition) is 0. The van der Waals surface area contributed by atoms with Gasteiger partial charge in [-0.25, -0.2) is 0 Å². The Bertz CT molecular complexity index is 1300. The van der Waals surface area contributed by atoms with E-state index in [1.54, 1.807) is 6.07 Å². The number of fused-ring (bicyclic) bond motifs is 2. The lowest BCUT2D eigenvalue weighted by Crippen LogP contribution is -1.83. The highest BCUT2D eigenvalue weighted by molar-refractivity contribution is 6.38. The minimum absolute atomic E-state index is 0.0776. The Balaban J connectivity index is 2.20. The van der Waals surface area contributed by atoms with Crippen LogP contribution in [0.1, 0.15) is 9.60 Å². The second-order valence-corrected chi connectivity index (χ2v) is 5.03. The number of halogens is 1. The maximum absolute atomic E-state index is 8.61. The minimum Gasteiger partial charge on any atom is -0.0830 e. The molecule has 100 valence electrons. The zero-order valence-corrected chi connectivity index (χ0v) is 11.6. The fourth-order valence-electron chi connectivity index (χ4n) is 2.34. The van der Waals surface area contributed by atoms with Crippen molar-refractivity contribution in [3.8, 4) is 11.1 Å². The van der Waals surface area contributed by atoms with Gasteiger partial charge in [0.1, 0.15) is 0 Å². The molecule has 0 heterocycles. The van der Waals surface area contributed by atoms with Crippen molar-refractivity contribution in [3.63, 3.8) is 0 Å². The van der Waals surface area contributed by atoms with Crippen molar-refractivity contribution in [2.75, 3.05) is 0 Å². The van der Waals surface area contributed by atoms with E-state index in [1.807, 2.05) is 30.3 Å². The number of benzene rings is 4. The Morgan fingerprint density at radius 1 is 0.762 bits per heavy atom. The molecule has 4 aromatic carbocycles. The smallest absolute Gasteiger partial charge is 0.0636 e. The van der Waals surface area contributed by atoms with Gasteiger partial charge in [-0.05, 0) is 27.8 Å². The van der Waals surface area contributed by atoms with E-state index in [1.165, 1.54) is 0 Å². The Labute approximate surface area is 138 Å². The highest BCUT2D eigenvalue weighted by Crippen LogP contribution is 2.35. The van der Waals surface area contributed by atoms with Crippen molar-refractivity contribution in [2.45, 2.75) is 0 Å². The highest BCUT2D eigenvalue weighted by atomic mass is 35.5. The molecule has 4 rings (SSSR count). The fraction of sp³-hybridized carbons (Fsp3) is 0. The summed E-state index contributed by atoms with van der Waals surface area (Å²) in [5.41, 5.74) is 0.469. The third kappa shape index (κ3) is 2.09. The van der Waals surface area contributed by atoms with Crippen LogP contribution in [0.4, 0.5) is 0 Å². The molecule has 0 N–H and O–H groups in total. The van der Waals surface area contributed by atoms with E-state index in [-0.39, 0.29) is 34.5 Å². The minimum atomic E-state index is -0.485. The summed E-state index contributed by atoms with van der Waals surface area (Å²) in [6.45, 7) is 0. The van der Waals surface area contributed by atoms with E-state index >= 15 is 0 Å². The molecule has 0 saturated carbocycles. The molecule has 0 nitrogen and oxygen atoms in total. The normalized spacial score (nSPS) is 15.8. The molecule has 0 aliphatic heterocycles. The monoisotopic (exact) mass is 295 g/mol. The fourth-order valence-corrected chi connectivity index (χ4v) is 2.67. The van der Waals surface area contributed by atoms with Crippen LogP contribution in [-0.4, -0.2) is 0 Å². The van der Waals surface area contributed by atoms with Gasteiger partial charge in [0, 0.05) is 10.9 Å². The Morgan fingerprint density at radius 2 is 1.57 bits per heavy atom. The van der Waals surface area contributed by atoms with E-state index in [9.17, 15) is 0 Å².